The summed E-state index contributed by atoms with van der Waals surface area (Å²) < 4.78 is 5.20. The van der Waals surface area contributed by atoms with Gasteiger partial charge in [0.15, 0.2) is 5.96 Å². The minimum Gasteiger partial charge on any atom is -0.383 e. The highest BCUT2D eigenvalue weighted by atomic mass is 127. The van der Waals surface area contributed by atoms with E-state index in [0.29, 0.717) is 19.1 Å². The molecule has 2 atom stereocenters. The standard InChI is InChI=1S/C19H26N4O3S.HI/c1-4-17(18-6-5-11-27-18)22-19(21-14(2)13-26-3)20-12-15-7-9-16(10-8-15)23(24)25;/h5-11,14,17H,4,12-13H2,1-3H3,(H2,20,21,22);1H. The molecular formula is C19H27IN4O3S. The fourth-order valence-corrected chi connectivity index (χ4v) is 3.44. The molecule has 1 aromatic carbocycles. The zero-order valence-electron chi connectivity index (χ0n) is 16.3. The molecule has 0 aliphatic heterocycles. The van der Waals surface area contributed by atoms with Gasteiger partial charge in [-0.1, -0.05) is 25.1 Å². The van der Waals surface area contributed by atoms with E-state index >= 15 is 0 Å². The van der Waals surface area contributed by atoms with E-state index in [9.17, 15) is 10.1 Å². The predicted molar refractivity (Wildman–Crippen MR) is 125 cm³/mol. The third-order valence-electron chi connectivity index (χ3n) is 3.97. The van der Waals surface area contributed by atoms with E-state index in [1.54, 1.807) is 30.6 Å². The highest BCUT2D eigenvalue weighted by Crippen LogP contribution is 2.21. The maximum atomic E-state index is 10.8. The van der Waals surface area contributed by atoms with Gasteiger partial charge in [-0.25, -0.2) is 4.99 Å². The van der Waals surface area contributed by atoms with Crippen molar-refractivity contribution in [3.05, 3.63) is 62.3 Å². The van der Waals surface area contributed by atoms with Crippen molar-refractivity contribution in [2.24, 2.45) is 4.99 Å². The quantitative estimate of drug-likeness (QED) is 0.168. The van der Waals surface area contributed by atoms with Gasteiger partial charge in [0.1, 0.15) is 0 Å². The normalized spacial score (nSPS) is 13.3. The van der Waals surface area contributed by atoms with E-state index in [1.165, 1.54) is 17.0 Å². The predicted octanol–water partition coefficient (Wildman–Crippen LogP) is 4.50. The molecule has 1 aromatic heterocycles. The Morgan fingerprint density at radius 3 is 2.54 bits per heavy atom. The van der Waals surface area contributed by atoms with Gasteiger partial charge in [-0.3, -0.25) is 10.1 Å². The SMILES string of the molecule is CCC(NC(=NCc1ccc([N+](=O)[O-])cc1)NC(C)COC)c1cccs1.I. The Hall–Kier alpha value is -1.72. The molecule has 154 valence electrons. The largest absolute Gasteiger partial charge is 0.383 e. The second-order valence-electron chi connectivity index (χ2n) is 6.21. The van der Waals surface area contributed by atoms with Crippen molar-refractivity contribution in [1.82, 2.24) is 10.6 Å². The van der Waals surface area contributed by atoms with Crippen LogP contribution < -0.4 is 10.6 Å². The second kappa shape index (κ2) is 12.7. The maximum absolute atomic E-state index is 10.8. The number of guanidine groups is 1. The maximum Gasteiger partial charge on any atom is 0.269 e. The summed E-state index contributed by atoms with van der Waals surface area (Å²) in [6.45, 7) is 5.14. The smallest absolute Gasteiger partial charge is 0.269 e. The Bertz CT molecular complexity index is 738. The van der Waals surface area contributed by atoms with Crippen molar-refractivity contribution < 1.29 is 9.66 Å². The molecule has 1 heterocycles. The molecule has 0 radical (unpaired) electrons. The highest BCUT2D eigenvalue weighted by molar-refractivity contribution is 14.0. The molecule has 0 aliphatic rings. The van der Waals surface area contributed by atoms with E-state index in [1.807, 2.05) is 13.0 Å². The van der Waals surface area contributed by atoms with Gasteiger partial charge in [0.25, 0.3) is 5.69 Å². The van der Waals surface area contributed by atoms with Gasteiger partial charge in [0, 0.05) is 30.2 Å². The number of hydrogen-bond donors (Lipinski definition) is 2. The van der Waals surface area contributed by atoms with Gasteiger partial charge in [0.05, 0.1) is 24.1 Å². The Morgan fingerprint density at radius 1 is 1.29 bits per heavy atom. The summed E-state index contributed by atoms with van der Waals surface area (Å²) in [7, 11) is 1.67. The zero-order valence-corrected chi connectivity index (χ0v) is 19.4. The number of thiophene rings is 1. The van der Waals surface area contributed by atoms with E-state index in [4.69, 9.17) is 4.74 Å². The van der Waals surface area contributed by atoms with Crippen molar-refractivity contribution in [3.8, 4) is 0 Å². The monoisotopic (exact) mass is 518 g/mol. The van der Waals surface area contributed by atoms with Crippen molar-refractivity contribution in [1.29, 1.82) is 0 Å². The lowest BCUT2D eigenvalue weighted by Crippen LogP contribution is -2.45. The number of non-ortho nitro benzene ring substituents is 1. The van der Waals surface area contributed by atoms with E-state index < -0.39 is 4.92 Å². The molecule has 0 saturated carbocycles. The molecule has 0 fully saturated rings. The molecule has 0 amide bonds. The van der Waals surface area contributed by atoms with Crippen LogP contribution in [-0.2, 0) is 11.3 Å². The third kappa shape index (κ3) is 7.72. The number of nitro groups is 1. The van der Waals surface area contributed by atoms with E-state index in [-0.39, 0.29) is 41.7 Å². The molecular weight excluding hydrogens is 491 g/mol. The number of hydrogen-bond acceptors (Lipinski definition) is 5. The topological polar surface area (TPSA) is 88.8 Å². The van der Waals surface area contributed by atoms with Crippen LogP contribution in [0.3, 0.4) is 0 Å². The molecule has 0 aliphatic carbocycles. The molecule has 28 heavy (non-hydrogen) atoms. The number of ether oxygens (including phenoxy) is 1. The molecule has 0 spiro atoms. The van der Waals surface area contributed by atoms with Crippen LogP contribution in [0.4, 0.5) is 5.69 Å². The fourth-order valence-electron chi connectivity index (χ4n) is 2.58. The highest BCUT2D eigenvalue weighted by Gasteiger charge is 2.14. The van der Waals surface area contributed by atoms with Gasteiger partial charge in [-0.2, -0.15) is 0 Å². The summed E-state index contributed by atoms with van der Waals surface area (Å²) in [5.41, 5.74) is 0.988. The first kappa shape index (κ1) is 24.3. The summed E-state index contributed by atoms with van der Waals surface area (Å²) in [6, 6.07) is 10.9. The van der Waals surface area contributed by atoms with Gasteiger partial charge in [-0.05, 0) is 30.4 Å². The summed E-state index contributed by atoms with van der Waals surface area (Å²) in [5, 5.41) is 19.7. The lowest BCUT2D eigenvalue weighted by atomic mass is 10.2. The van der Waals surface area contributed by atoms with Crippen LogP contribution in [0.25, 0.3) is 0 Å². The molecule has 7 nitrogen and oxygen atoms in total. The van der Waals surface area contributed by atoms with Gasteiger partial charge in [0.2, 0.25) is 0 Å². The molecule has 2 aromatic rings. The van der Waals surface area contributed by atoms with Crippen LogP contribution in [0.5, 0.6) is 0 Å². The van der Waals surface area contributed by atoms with Crippen LogP contribution in [0, 0.1) is 10.1 Å². The van der Waals surface area contributed by atoms with Gasteiger partial charge < -0.3 is 15.4 Å². The number of nitrogens with zero attached hydrogens (tertiary/aromatic N) is 2. The Balaban J connectivity index is 0.00000392. The Labute approximate surface area is 186 Å². The van der Waals surface area contributed by atoms with Crippen molar-refractivity contribution in [2.75, 3.05) is 13.7 Å². The Morgan fingerprint density at radius 2 is 2.00 bits per heavy atom. The Kier molecular flexibility index (Phi) is 11.0. The minimum atomic E-state index is -0.402. The number of aliphatic imine (C=N–C) groups is 1. The molecule has 2 N–H and O–H groups in total. The minimum absolute atomic E-state index is 0. The van der Waals surface area contributed by atoms with Crippen LogP contribution in [0.1, 0.15) is 36.8 Å². The number of halogens is 1. The summed E-state index contributed by atoms with van der Waals surface area (Å²) in [6.07, 6.45) is 0.928. The number of methoxy groups -OCH3 is 1. The number of nitro benzene ring substituents is 1. The summed E-state index contributed by atoms with van der Waals surface area (Å²) in [5.74, 6) is 0.693. The van der Waals surface area contributed by atoms with Crippen molar-refractivity contribution >= 4 is 47.0 Å². The number of rotatable bonds is 9. The lowest BCUT2D eigenvalue weighted by molar-refractivity contribution is -0.384. The first-order valence-corrected chi connectivity index (χ1v) is 9.74. The van der Waals surface area contributed by atoms with Crippen LogP contribution in [0.15, 0.2) is 46.8 Å². The average Bonchev–Trinajstić information content (AvgIpc) is 3.19. The molecule has 9 heteroatoms. The van der Waals surface area contributed by atoms with Gasteiger partial charge >= 0.3 is 0 Å². The third-order valence-corrected chi connectivity index (χ3v) is 4.96. The summed E-state index contributed by atoms with van der Waals surface area (Å²) in [4.78, 5) is 16.3. The number of benzene rings is 1. The summed E-state index contributed by atoms with van der Waals surface area (Å²) >= 11 is 1.71. The second-order valence-corrected chi connectivity index (χ2v) is 7.19. The first-order valence-electron chi connectivity index (χ1n) is 8.86. The zero-order chi connectivity index (χ0) is 19.6. The molecule has 0 saturated heterocycles. The van der Waals surface area contributed by atoms with Crippen LogP contribution in [-0.4, -0.2) is 30.6 Å². The molecule has 2 unspecified atom stereocenters. The number of nitrogens with one attached hydrogen (secondary N) is 2. The lowest BCUT2D eigenvalue weighted by Gasteiger charge is -2.22. The van der Waals surface area contributed by atoms with Crippen molar-refractivity contribution in [2.45, 2.75) is 38.9 Å². The van der Waals surface area contributed by atoms with E-state index in [0.717, 1.165) is 12.0 Å². The first-order chi connectivity index (χ1) is 13.0. The average molecular weight is 518 g/mol. The van der Waals surface area contributed by atoms with Gasteiger partial charge in [-0.15, -0.1) is 35.3 Å². The van der Waals surface area contributed by atoms with Crippen LogP contribution >= 0.6 is 35.3 Å². The van der Waals surface area contributed by atoms with Crippen LogP contribution in [0.2, 0.25) is 0 Å². The molecule has 0 bridgehead atoms. The fraction of sp³-hybridized carbons (Fsp3) is 0.421. The molecule has 2 rings (SSSR count). The van der Waals surface area contributed by atoms with E-state index in [2.05, 4.69) is 34.0 Å². The van der Waals surface area contributed by atoms with Crippen molar-refractivity contribution in [3.63, 3.8) is 0 Å².